The Balaban J connectivity index is 1.84. The van der Waals surface area contributed by atoms with Gasteiger partial charge in [0.05, 0.1) is 30.6 Å². The van der Waals surface area contributed by atoms with Gasteiger partial charge in [0.2, 0.25) is 0 Å². The molecule has 7 heteroatoms. The summed E-state index contributed by atoms with van der Waals surface area (Å²) in [6, 6.07) is 9.10. The number of aliphatic hydroxyl groups excluding tert-OH is 1. The van der Waals surface area contributed by atoms with Crippen LogP contribution in [0.25, 0.3) is 11.0 Å². The van der Waals surface area contributed by atoms with Crippen molar-refractivity contribution >= 4 is 16.9 Å². The van der Waals surface area contributed by atoms with Crippen molar-refractivity contribution in [2.45, 2.75) is 25.6 Å². The molecule has 0 radical (unpaired) electrons. The topological polar surface area (TPSA) is 108 Å². The van der Waals surface area contributed by atoms with Crippen LogP contribution in [0.5, 0.6) is 5.75 Å². The van der Waals surface area contributed by atoms with Gasteiger partial charge in [0.25, 0.3) is 5.91 Å². The van der Waals surface area contributed by atoms with Crippen LogP contribution in [0.4, 0.5) is 0 Å². The maximum atomic E-state index is 12.1. The summed E-state index contributed by atoms with van der Waals surface area (Å²) in [5.41, 5.74) is 7.88. The van der Waals surface area contributed by atoms with Gasteiger partial charge in [-0.05, 0) is 31.2 Å². The number of ether oxygens (including phenoxy) is 2. The van der Waals surface area contributed by atoms with E-state index in [1.807, 2.05) is 18.2 Å². The number of amides is 1. The third-order valence-corrected chi connectivity index (χ3v) is 4.80. The molecule has 7 nitrogen and oxygen atoms in total. The number of hydrogen-bond acceptors (Lipinski definition) is 6. The van der Waals surface area contributed by atoms with Gasteiger partial charge >= 0.3 is 0 Å². The molecule has 2 atom stereocenters. The summed E-state index contributed by atoms with van der Waals surface area (Å²) in [6.07, 6.45) is 0.992. The van der Waals surface area contributed by atoms with Gasteiger partial charge in [0.15, 0.2) is 0 Å². The minimum atomic E-state index is -0.705. The zero-order valence-electron chi connectivity index (χ0n) is 14.8. The summed E-state index contributed by atoms with van der Waals surface area (Å²) in [7, 11) is 0. The second-order valence-electron chi connectivity index (χ2n) is 6.57. The lowest BCUT2D eigenvalue weighted by atomic mass is 9.90. The van der Waals surface area contributed by atoms with Crippen molar-refractivity contribution in [2.24, 2.45) is 5.73 Å². The van der Waals surface area contributed by atoms with Gasteiger partial charge in [0.1, 0.15) is 23.7 Å². The van der Waals surface area contributed by atoms with Gasteiger partial charge in [-0.15, -0.1) is 0 Å². The van der Waals surface area contributed by atoms with Gasteiger partial charge in [-0.1, -0.05) is 6.07 Å². The molecule has 1 amide bonds. The molecule has 0 aliphatic carbocycles. The molecule has 0 saturated carbocycles. The number of primary amides is 1. The van der Waals surface area contributed by atoms with Crippen LogP contribution >= 0.6 is 0 Å². The number of carbonyl (C=O) groups is 1. The first-order valence-electron chi connectivity index (χ1n) is 8.70. The number of nitrogens with zero attached hydrogens (tertiary/aromatic N) is 1. The number of aliphatic hydroxyl groups is 1. The van der Waals surface area contributed by atoms with E-state index in [0.29, 0.717) is 40.2 Å². The molecule has 140 valence electrons. The van der Waals surface area contributed by atoms with E-state index in [1.54, 1.807) is 25.3 Å². The van der Waals surface area contributed by atoms with Crippen LogP contribution in [0.15, 0.2) is 40.9 Å². The van der Waals surface area contributed by atoms with Gasteiger partial charge in [-0.25, -0.2) is 0 Å². The molecule has 2 aromatic heterocycles. The molecule has 1 aliphatic heterocycles. The molecule has 0 bridgehead atoms. The summed E-state index contributed by atoms with van der Waals surface area (Å²) in [5, 5.41) is 11.0. The average molecular weight is 368 g/mol. The maximum Gasteiger partial charge on any atom is 0.252 e. The van der Waals surface area contributed by atoms with Crippen LogP contribution < -0.4 is 10.5 Å². The zero-order valence-corrected chi connectivity index (χ0v) is 14.8. The molecule has 0 unspecified atom stereocenters. The second-order valence-corrected chi connectivity index (χ2v) is 6.57. The Morgan fingerprint density at radius 3 is 2.85 bits per heavy atom. The second kappa shape index (κ2) is 7.02. The van der Waals surface area contributed by atoms with E-state index in [0.717, 1.165) is 5.69 Å². The molecule has 1 aromatic carbocycles. The molecular formula is C20H20N2O5. The highest BCUT2D eigenvalue weighted by molar-refractivity contribution is 6.08. The first kappa shape index (κ1) is 17.5. The van der Waals surface area contributed by atoms with E-state index in [2.05, 4.69) is 4.98 Å². The zero-order chi connectivity index (χ0) is 19.0. The summed E-state index contributed by atoms with van der Waals surface area (Å²) in [6.45, 7) is 2.50. The third-order valence-electron chi connectivity index (χ3n) is 4.80. The Hall–Kier alpha value is -2.90. The molecule has 1 saturated heterocycles. The highest BCUT2D eigenvalue weighted by atomic mass is 16.5. The van der Waals surface area contributed by atoms with Gasteiger partial charge in [-0.2, -0.15) is 0 Å². The van der Waals surface area contributed by atoms with Crippen molar-refractivity contribution in [3.8, 4) is 5.75 Å². The summed E-state index contributed by atoms with van der Waals surface area (Å²) < 4.78 is 17.2. The van der Waals surface area contributed by atoms with Crippen LogP contribution in [0.1, 0.15) is 33.3 Å². The number of rotatable bonds is 5. The number of pyridine rings is 1. The van der Waals surface area contributed by atoms with Crippen molar-refractivity contribution in [3.63, 3.8) is 0 Å². The van der Waals surface area contributed by atoms with Crippen molar-refractivity contribution < 1.29 is 23.8 Å². The van der Waals surface area contributed by atoms with E-state index < -0.39 is 12.0 Å². The number of furan rings is 1. The normalized spacial score (nSPS) is 19.5. The van der Waals surface area contributed by atoms with Crippen molar-refractivity contribution in [1.29, 1.82) is 0 Å². The lowest BCUT2D eigenvalue weighted by Gasteiger charge is -2.19. The van der Waals surface area contributed by atoms with E-state index in [1.165, 1.54) is 0 Å². The fraction of sp³-hybridized carbons (Fsp3) is 0.300. The van der Waals surface area contributed by atoms with Crippen molar-refractivity contribution in [3.05, 3.63) is 59.1 Å². The number of aryl methyl sites for hydroxylation is 1. The van der Waals surface area contributed by atoms with Crippen LogP contribution in [0.3, 0.4) is 0 Å². The fourth-order valence-corrected chi connectivity index (χ4v) is 3.56. The molecule has 1 fully saturated rings. The molecule has 3 N–H and O–H groups in total. The first-order valence-corrected chi connectivity index (χ1v) is 8.70. The number of hydrogen-bond donors (Lipinski definition) is 2. The number of nitrogens with two attached hydrogens (primary N) is 1. The molecule has 3 aromatic rings. The van der Waals surface area contributed by atoms with E-state index in [4.69, 9.17) is 19.6 Å². The largest absolute Gasteiger partial charge is 0.487 e. The van der Waals surface area contributed by atoms with Gasteiger partial charge in [0, 0.05) is 23.1 Å². The molecular weight excluding hydrogens is 348 g/mol. The number of aromatic nitrogens is 1. The van der Waals surface area contributed by atoms with Gasteiger partial charge < -0.3 is 24.7 Å². The first-order chi connectivity index (χ1) is 13.1. The summed E-state index contributed by atoms with van der Waals surface area (Å²) >= 11 is 0. The SMILES string of the molecule is Cc1oc2ccc(OCc3ccccn3)c([C@@H]3COC[C@H]3O)c2c1C(N)=O. The maximum absolute atomic E-state index is 12.1. The third kappa shape index (κ3) is 3.15. The van der Waals surface area contributed by atoms with E-state index >= 15 is 0 Å². The van der Waals surface area contributed by atoms with Crippen LogP contribution in [-0.2, 0) is 11.3 Å². The minimum Gasteiger partial charge on any atom is -0.487 e. The lowest BCUT2D eigenvalue weighted by Crippen LogP contribution is -2.19. The standard InChI is InChI=1S/C20H20N2O5/c1-11-17(20(21)24)19-16(27-11)6-5-15(18(19)13-9-25-10-14(13)23)26-8-12-4-2-3-7-22-12/h2-7,13-14,23H,8-10H2,1H3,(H2,21,24)/t13-,14-/m1/s1. The quantitative estimate of drug-likeness (QED) is 0.715. The predicted molar refractivity (Wildman–Crippen MR) is 97.6 cm³/mol. The Morgan fingerprint density at radius 1 is 1.33 bits per heavy atom. The lowest BCUT2D eigenvalue weighted by molar-refractivity contribution is 0.1000. The molecule has 4 rings (SSSR count). The Kier molecular flexibility index (Phi) is 4.55. The predicted octanol–water partition coefficient (Wildman–Crippen LogP) is 2.29. The number of benzene rings is 1. The van der Waals surface area contributed by atoms with E-state index in [9.17, 15) is 9.90 Å². The van der Waals surface area contributed by atoms with Gasteiger partial charge in [-0.3, -0.25) is 9.78 Å². The Bertz CT molecular complexity index is 983. The number of fused-ring (bicyclic) bond motifs is 1. The summed E-state index contributed by atoms with van der Waals surface area (Å²) in [4.78, 5) is 16.3. The highest BCUT2D eigenvalue weighted by Crippen LogP contribution is 2.41. The van der Waals surface area contributed by atoms with E-state index in [-0.39, 0.29) is 19.1 Å². The fourth-order valence-electron chi connectivity index (χ4n) is 3.56. The molecule has 0 spiro atoms. The Morgan fingerprint density at radius 2 is 2.19 bits per heavy atom. The molecule has 3 heterocycles. The van der Waals surface area contributed by atoms with Crippen molar-refractivity contribution in [2.75, 3.05) is 13.2 Å². The van der Waals surface area contributed by atoms with Crippen LogP contribution in [0.2, 0.25) is 0 Å². The molecule has 1 aliphatic rings. The Labute approximate surface area is 155 Å². The smallest absolute Gasteiger partial charge is 0.252 e. The van der Waals surface area contributed by atoms with Crippen LogP contribution in [-0.4, -0.2) is 35.3 Å². The monoisotopic (exact) mass is 368 g/mol. The average Bonchev–Trinajstić information content (AvgIpc) is 3.22. The van der Waals surface area contributed by atoms with Crippen LogP contribution in [0, 0.1) is 6.92 Å². The minimum absolute atomic E-state index is 0.226. The molecule has 27 heavy (non-hydrogen) atoms. The summed E-state index contributed by atoms with van der Waals surface area (Å²) in [5.74, 6) is 0.0605. The van der Waals surface area contributed by atoms with Crippen molar-refractivity contribution in [1.82, 2.24) is 4.98 Å². The highest BCUT2D eigenvalue weighted by Gasteiger charge is 2.34. The number of carbonyl (C=O) groups excluding carboxylic acids is 1.